The van der Waals surface area contributed by atoms with Gasteiger partial charge in [0, 0.05) is 18.2 Å². The first-order valence-corrected chi connectivity index (χ1v) is 9.65. The van der Waals surface area contributed by atoms with Crippen molar-refractivity contribution < 1.29 is 9.90 Å². The first-order chi connectivity index (χ1) is 13.5. The van der Waals surface area contributed by atoms with E-state index in [-0.39, 0.29) is 24.1 Å². The number of hydrogen-bond acceptors (Lipinski definition) is 3. The number of aryl methyl sites for hydroxylation is 2. The lowest BCUT2D eigenvalue weighted by Crippen LogP contribution is -2.34. The lowest BCUT2D eigenvalue weighted by atomic mass is 10.1. The summed E-state index contributed by atoms with van der Waals surface area (Å²) in [5.74, 6) is 0.908. The van der Waals surface area contributed by atoms with Crippen molar-refractivity contribution in [2.75, 3.05) is 0 Å². The Balaban J connectivity index is 1.50. The fraction of sp³-hybridized carbons (Fsp3) is 0.304. The number of amides is 1. The van der Waals surface area contributed by atoms with Crippen molar-refractivity contribution in [3.63, 3.8) is 0 Å². The van der Waals surface area contributed by atoms with Crippen LogP contribution >= 0.6 is 0 Å². The highest BCUT2D eigenvalue weighted by Crippen LogP contribution is 2.15. The van der Waals surface area contributed by atoms with E-state index in [1.54, 1.807) is 12.1 Å². The third-order valence-electron chi connectivity index (χ3n) is 4.79. The van der Waals surface area contributed by atoms with Gasteiger partial charge in [0.25, 0.3) is 0 Å². The number of hydrogen-bond donors (Lipinski definition) is 3. The molecule has 3 N–H and O–H groups in total. The molecule has 3 aromatic rings. The maximum Gasteiger partial charge on any atom is 0.227 e. The summed E-state index contributed by atoms with van der Waals surface area (Å²) >= 11 is 0. The summed E-state index contributed by atoms with van der Waals surface area (Å²) in [4.78, 5) is 20.2. The molecule has 3 rings (SSSR count). The van der Waals surface area contributed by atoms with Gasteiger partial charge in [-0.15, -0.1) is 0 Å². The second kappa shape index (κ2) is 9.22. The van der Waals surface area contributed by atoms with Crippen LogP contribution in [0.2, 0.25) is 0 Å². The number of phenolic OH excluding ortho intramolecular Hbond substituents is 1. The van der Waals surface area contributed by atoms with Gasteiger partial charge in [-0.05, 0) is 49.9 Å². The predicted octanol–water partition coefficient (Wildman–Crippen LogP) is 3.69. The van der Waals surface area contributed by atoms with Crippen molar-refractivity contribution in [1.29, 1.82) is 0 Å². The Bertz CT molecular complexity index is 901. The van der Waals surface area contributed by atoms with E-state index in [9.17, 15) is 9.90 Å². The molecule has 0 spiro atoms. The van der Waals surface area contributed by atoms with Gasteiger partial charge >= 0.3 is 0 Å². The van der Waals surface area contributed by atoms with E-state index in [1.165, 1.54) is 5.56 Å². The molecule has 0 fully saturated rings. The van der Waals surface area contributed by atoms with Gasteiger partial charge in [0.2, 0.25) is 5.91 Å². The third kappa shape index (κ3) is 5.71. The Kier molecular flexibility index (Phi) is 6.48. The second-order valence-electron chi connectivity index (χ2n) is 7.27. The first kappa shape index (κ1) is 19.7. The van der Waals surface area contributed by atoms with Crippen LogP contribution < -0.4 is 5.32 Å². The Morgan fingerprint density at radius 3 is 2.54 bits per heavy atom. The molecule has 2 aromatic carbocycles. The van der Waals surface area contributed by atoms with E-state index in [0.717, 1.165) is 29.8 Å². The number of nitrogens with one attached hydrogen (secondary N) is 2. The largest absolute Gasteiger partial charge is 0.508 e. The molecule has 0 bridgehead atoms. The lowest BCUT2D eigenvalue weighted by Gasteiger charge is -2.13. The van der Waals surface area contributed by atoms with Gasteiger partial charge in [-0.25, -0.2) is 4.98 Å². The van der Waals surface area contributed by atoms with E-state index in [0.29, 0.717) is 12.2 Å². The highest BCUT2D eigenvalue weighted by molar-refractivity contribution is 5.78. The molecular formula is C23H27N3O2. The quantitative estimate of drug-likeness (QED) is 0.560. The van der Waals surface area contributed by atoms with E-state index in [2.05, 4.69) is 27.4 Å². The minimum absolute atomic E-state index is 0.0227. The molecule has 0 saturated carbocycles. The molecule has 0 radical (unpaired) electrons. The minimum atomic E-state index is -0.0227. The summed E-state index contributed by atoms with van der Waals surface area (Å²) in [5, 5.41) is 12.4. The Morgan fingerprint density at radius 1 is 1.11 bits per heavy atom. The molecule has 5 heteroatoms. The molecule has 28 heavy (non-hydrogen) atoms. The average Bonchev–Trinajstić information content (AvgIpc) is 3.01. The van der Waals surface area contributed by atoms with Crippen LogP contribution in [0.4, 0.5) is 0 Å². The van der Waals surface area contributed by atoms with Crippen LogP contribution in [-0.2, 0) is 24.1 Å². The molecule has 146 valence electrons. The standard InChI is InChI=1S/C23H27N3O2/c1-16(8-9-18-6-4-3-5-7-18)24-23(28)15-22-25-17(2)21(26-22)14-19-10-12-20(27)13-11-19/h3-7,10-13,16,27H,8-9,14-15H2,1-2H3,(H,24,28)(H,25,26)/t16-/m0/s1. The van der Waals surface area contributed by atoms with Gasteiger partial charge in [0.15, 0.2) is 0 Å². The minimum Gasteiger partial charge on any atom is -0.508 e. The summed E-state index contributed by atoms with van der Waals surface area (Å²) in [6.45, 7) is 4.00. The third-order valence-corrected chi connectivity index (χ3v) is 4.79. The summed E-state index contributed by atoms with van der Waals surface area (Å²) in [6.07, 6.45) is 2.75. The number of imidazole rings is 1. The number of aromatic amines is 1. The number of aromatic nitrogens is 2. The predicted molar refractivity (Wildman–Crippen MR) is 110 cm³/mol. The second-order valence-corrected chi connectivity index (χ2v) is 7.27. The number of rotatable bonds is 8. The van der Waals surface area contributed by atoms with Crippen molar-refractivity contribution in [3.05, 3.63) is 82.9 Å². The molecule has 0 aliphatic heterocycles. The van der Waals surface area contributed by atoms with Gasteiger partial charge in [0.05, 0.1) is 12.1 Å². The van der Waals surface area contributed by atoms with Crippen LogP contribution in [0.15, 0.2) is 54.6 Å². The molecule has 0 saturated heterocycles. The molecule has 5 nitrogen and oxygen atoms in total. The maximum atomic E-state index is 12.4. The highest BCUT2D eigenvalue weighted by Gasteiger charge is 2.13. The van der Waals surface area contributed by atoms with E-state index >= 15 is 0 Å². The maximum absolute atomic E-state index is 12.4. The normalized spacial score (nSPS) is 11.9. The molecule has 1 atom stereocenters. The van der Waals surface area contributed by atoms with Crippen molar-refractivity contribution in [2.24, 2.45) is 0 Å². The van der Waals surface area contributed by atoms with E-state index in [4.69, 9.17) is 0 Å². The average molecular weight is 377 g/mol. The zero-order chi connectivity index (χ0) is 19.9. The highest BCUT2D eigenvalue weighted by atomic mass is 16.3. The zero-order valence-corrected chi connectivity index (χ0v) is 16.4. The first-order valence-electron chi connectivity index (χ1n) is 9.65. The summed E-state index contributed by atoms with van der Waals surface area (Å²) in [7, 11) is 0. The van der Waals surface area contributed by atoms with Gasteiger partial charge in [-0.1, -0.05) is 42.5 Å². The topological polar surface area (TPSA) is 78.0 Å². The molecule has 0 unspecified atom stereocenters. The van der Waals surface area contributed by atoms with Gasteiger partial charge in [-0.2, -0.15) is 0 Å². The number of phenols is 1. The van der Waals surface area contributed by atoms with Crippen LogP contribution in [0.5, 0.6) is 5.75 Å². The summed E-state index contributed by atoms with van der Waals surface area (Å²) in [5.41, 5.74) is 4.24. The van der Waals surface area contributed by atoms with Crippen molar-refractivity contribution in [3.8, 4) is 5.75 Å². The van der Waals surface area contributed by atoms with Crippen LogP contribution in [0.25, 0.3) is 0 Å². The van der Waals surface area contributed by atoms with Crippen LogP contribution in [0.1, 0.15) is 41.7 Å². The molecule has 1 heterocycles. The van der Waals surface area contributed by atoms with Crippen molar-refractivity contribution >= 4 is 5.91 Å². The fourth-order valence-corrected chi connectivity index (χ4v) is 3.20. The van der Waals surface area contributed by atoms with Gasteiger partial charge in [0.1, 0.15) is 11.6 Å². The smallest absolute Gasteiger partial charge is 0.227 e. The zero-order valence-electron chi connectivity index (χ0n) is 16.4. The fourth-order valence-electron chi connectivity index (χ4n) is 3.20. The van der Waals surface area contributed by atoms with Crippen LogP contribution in [0, 0.1) is 6.92 Å². The summed E-state index contributed by atoms with van der Waals surface area (Å²) < 4.78 is 0. The van der Waals surface area contributed by atoms with Crippen molar-refractivity contribution in [2.45, 2.75) is 45.6 Å². The molecule has 1 amide bonds. The van der Waals surface area contributed by atoms with E-state index < -0.39 is 0 Å². The molecule has 0 aliphatic carbocycles. The molecular weight excluding hydrogens is 350 g/mol. The SMILES string of the molecule is Cc1[nH]c(CC(=O)N[C@@H](C)CCc2ccccc2)nc1Cc1ccc(O)cc1. The van der Waals surface area contributed by atoms with Crippen LogP contribution in [-0.4, -0.2) is 27.0 Å². The Morgan fingerprint density at radius 2 is 1.82 bits per heavy atom. The number of H-pyrrole nitrogens is 1. The number of aromatic hydroxyl groups is 1. The monoisotopic (exact) mass is 377 g/mol. The Hall–Kier alpha value is -3.08. The Labute approximate surface area is 165 Å². The number of carbonyl (C=O) groups is 1. The molecule has 1 aromatic heterocycles. The van der Waals surface area contributed by atoms with Crippen LogP contribution in [0.3, 0.4) is 0 Å². The number of nitrogens with zero attached hydrogens (tertiary/aromatic N) is 1. The summed E-state index contributed by atoms with van der Waals surface area (Å²) in [6, 6.07) is 17.5. The lowest BCUT2D eigenvalue weighted by molar-refractivity contribution is -0.121. The van der Waals surface area contributed by atoms with Gasteiger partial charge < -0.3 is 15.4 Å². The van der Waals surface area contributed by atoms with E-state index in [1.807, 2.05) is 44.2 Å². The molecule has 0 aliphatic rings. The number of carbonyl (C=O) groups excluding carboxylic acids is 1. The van der Waals surface area contributed by atoms with Gasteiger partial charge in [-0.3, -0.25) is 4.79 Å². The number of benzene rings is 2. The van der Waals surface area contributed by atoms with Crippen molar-refractivity contribution in [1.82, 2.24) is 15.3 Å².